The van der Waals surface area contributed by atoms with E-state index in [-0.39, 0.29) is 5.25 Å². The van der Waals surface area contributed by atoms with Gasteiger partial charge < -0.3 is 0 Å². The molecular formula is C15H15O2S2. The van der Waals surface area contributed by atoms with Crippen LogP contribution in [0.3, 0.4) is 0 Å². The molecule has 0 bridgehead atoms. The van der Waals surface area contributed by atoms with Crippen molar-refractivity contribution in [2.45, 2.75) is 16.6 Å². The number of hydrogen-bond donors (Lipinski definition) is 1. The molecule has 0 saturated heterocycles. The maximum absolute atomic E-state index is 11.4. The Balaban J connectivity index is 2.12. The minimum Gasteiger partial charge on any atom is -0.224 e. The largest absolute Gasteiger partial charge is 0.224 e. The van der Waals surface area contributed by atoms with E-state index in [0.29, 0.717) is 4.90 Å². The van der Waals surface area contributed by atoms with Crippen molar-refractivity contribution in [2.75, 3.05) is 6.26 Å². The van der Waals surface area contributed by atoms with Crippen LogP contribution >= 0.6 is 12.6 Å². The molecule has 0 aliphatic heterocycles. The van der Waals surface area contributed by atoms with Crippen molar-refractivity contribution in [3.8, 4) is 0 Å². The molecule has 2 aromatic carbocycles. The number of benzene rings is 2. The average Bonchev–Trinajstić information content (AvgIpc) is 2.39. The summed E-state index contributed by atoms with van der Waals surface area (Å²) in [7, 11) is -3.12. The topological polar surface area (TPSA) is 34.1 Å². The van der Waals surface area contributed by atoms with Crippen LogP contribution in [0.1, 0.15) is 16.4 Å². The van der Waals surface area contributed by atoms with Gasteiger partial charge in [-0.05, 0) is 35.7 Å². The van der Waals surface area contributed by atoms with Crippen LogP contribution in [0.2, 0.25) is 0 Å². The summed E-state index contributed by atoms with van der Waals surface area (Å²) in [5.41, 5.74) is 2.20. The molecule has 0 aliphatic carbocycles. The molecule has 0 heterocycles. The second-order valence-corrected chi connectivity index (χ2v) is 7.11. The Hall–Kier alpha value is -1.26. The Morgan fingerprint density at radius 3 is 2.21 bits per heavy atom. The second kappa shape index (κ2) is 5.80. The van der Waals surface area contributed by atoms with Crippen LogP contribution in [0.25, 0.3) is 0 Å². The van der Waals surface area contributed by atoms with Crippen molar-refractivity contribution < 1.29 is 8.42 Å². The Morgan fingerprint density at radius 2 is 1.68 bits per heavy atom. The van der Waals surface area contributed by atoms with Crippen LogP contribution in [-0.2, 0) is 16.3 Å². The van der Waals surface area contributed by atoms with Crippen LogP contribution in [0.5, 0.6) is 0 Å². The van der Waals surface area contributed by atoms with Gasteiger partial charge in [0.25, 0.3) is 0 Å². The molecule has 0 amide bonds. The van der Waals surface area contributed by atoms with Gasteiger partial charge in [0.15, 0.2) is 9.84 Å². The van der Waals surface area contributed by atoms with Gasteiger partial charge in [0.2, 0.25) is 0 Å². The first-order valence-corrected chi connectivity index (χ1v) is 8.30. The van der Waals surface area contributed by atoms with Crippen LogP contribution < -0.4 is 0 Å². The monoisotopic (exact) mass is 291 g/mol. The normalized spacial score (nSPS) is 13.2. The zero-order valence-corrected chi connectivity index (χ0v) is 12.3. The lowest BCUT2D eigenvalue weighted by molar-refractivity contribution is 0.602. The van der Waals surface area contributed by atoms with Gasteiger partial charge in [-0.25, -0.2) is 8.42 Å². The summed E-state index contributed by atoms with van der Waals surface area (Å²) < 4.78 is 22.7. The standard InChI is InChI=1S/C15H15O2S2/c1-19(16,17)14-9-7-12(8-10-14)11-15(18)13-5-3-2-4-6-13/h3-10,15,18H,11H2,1H3. The molecule has 0 aromatic heterocycles. The van der Waals surface area contributed by atoms with Crippen LogP contribution in [-0.4, -0.2) is 14.7 Å². The fourth-order valence-electron chi connectivity index (χ4n) is 1.84. The van der Waals surface area contributed by atoms with E-state index in [0.717, 1.165) is 17.5 Å². The van der Waals surface area contributed by atoms with E-state index in [9.17, 15) is 8.42 Å². The fraction of sp³-hybridized carbons (Fsp3) is 0.200. The molecule has 1 unspecified atom stereocenters. The fourth-order valence-corrected chi connectivity index (χ4v) is 2.85. The van der Waals surface area contributed by atoms with Crippen molar-refractivity contribution >= 4 is 22.5 Å². The number of rotatable bonds is 4. The van der Waals surface area contributed by atoms with Gasteiger partial charge in [0.05, 0.1) is 4.90 Å². The second-order valence-electron chi connectivity index (χ2n) is 4.47. The van der Waals surface area contributed by atoms with Crippen LogP contribution in [0.15, 0.2) is 53.4 Å². The van der Waals surface area contributed by atoms with Crippen molar-refractivity contribution in [2.24, 2.45) is 0 Å². The van der Waals surface area contributed by atoms with Crippen molar-refractivity contribution in [1.82, 2.24) is 0 Å². The predicted molar refractivity (Wildman–Crippen MR) is 80.3 cm³/mol. The summed E-state index contributed by atoms with van der Waals surface area (Å²) in [5, 5.41) is 0.0960. The van der Waals surface area contributed by atoms with Gasteiger partial charge in [0.1, 0.15) is 0 Å². The summed E-state index contributed by atoms with van der Waals surface area (Å²) in [6, 6.07) is 17.7. The minimum absolute atomic E-state index is 0.0960. The summed E-state index contributed by atoms with van der Waals surface area (Å²) in [6.07, 6.45) is 1.97. The highest BCUT2D eigenvalue weighted by Gasteiger charge is 2.09. The maximum atomic E-state index is 11.4. The molecule has 99 valence electrons. The third kappa shape index (κ3) is 3.85. The van der Waals surface area contributed by atoms with Gasteiger partial charge in [-0.2, -0.15) is 12.6 Å². The zero-order chi connectivity index (χ0) is 13.9. The Bertz CT molecular complexity index is 632. The molecule has 4 heteroatoms. The summed E-state index contributed by atoms with van der Waals surface area (Å²) in [5.74, 6) is 0. The smallest absolute Gasteiger partial charge is 0.175 e. The van der Waals surface area contributed by atoms with E-state index >= 15 is 0 Å². The minimum atomic E-state index is -3.12. The summed E-state index contributed by atoms with van der Waals surface area (Å²) >= 11 is 4.58. The number of sulfone groups is 1. The van der Waals surface area contributed by atoms with Crippen LogP contribution in [0, 0.1) is 6.07 Å². The molecule has 19 heavy (non-hydrogen) atoms. The molecule has 2 nitrogen and oxygen atoms in total. The van der Waals surface area contributed by atoms with Crippen molar-refractivity contribution in [3.05, 3.63) is 65.7 Å². The first kappa shape index (κ1) is 14.2. The Kier molecular flexibility index (Phi) is 4.32. The zero-order valence-electron chi connectivity index (χ0n) is 10.6. The van der Waals surface area contributed by atoms with Crippen LogP contribution in [0.4, 0.5) is 0 Å². The predicted octanol–water partition coefficient (Wildman–Crippen LogP) is 3.10. The Morgan fingerprint density at radius 1 is 1.11 bits per heavy atom. The molecule has 0 spiro atoms. The van der Waals surface area contributed by atoms with E-state index < -0.39 is 9.84 Å². The number of thiol groups is 1. The Labute approximate surface area is 119 Å². The molecule has 1 radical (unpaired) electrons. The van der Waals surface area contributed by atoms with Gasteiger partial charge in [0, 0.05) is 11.5 Å². The number of hydrogen-bond acceptors (Lipinski definition) is 3. The van der Waals surface area contributed by atoms with Gasteiger partial charge in [-0.15, -0.1) is 0 Å². The maximum Gasteiger partial charge on any atom is 0.175 e. The molecule has 2 rings (SSSR count). The first-order valence-electron chi connectivity index (χ1n) is 5.90. The van der Waals surface area contributed by atoms with E-state index in [1.807, 2.05) is 36.4 Å². The molecule has 2 aromatic rings. The highest BCUT2D eigenvalue weighted by molar-refractivity contribution is 7.90. The molecule has 0 saturated carbocycles. The van der Waals surface area contributed by atoms with Gasteiger partial charge in [-0.3, -0.25) is 0 Å². The van der Waals surface area contributed by atoms with E-state index in [1.165, 1.54) is 6.26 Å². The summed E-state index contributed by atoms with van der Waals surface area (Å²) in [4.78, 5) is 0.348. The molecule has 1 atom stereocenters. The molecule has 0 fully saturated rings. The highest BCUT2D eigenvalue weighted by Crippen LogP contribution is 2.24. The summed E-state index contributed by atoms with van der Waals surface area (Å²) in [6.45, 7) is 0. The average molecular weight is 291 g/mol. The van der Waals surface area contributed by atoms with Crippen molar-refractivity contribution in [3.63, 3.8) is 0 Å². The lowest BCUT2D eigenvalue weighted by atomic mass is 10.0. The van der Waals surface area contributed by atoms with E-state index in [1.54, 1.807) is 12.1 Å². The van der Waals surface area contributed by atoms with Crippen molar-refractivity contribution in [1.29, 1.82) is 0 Å². The van der Waals surface area contributed by atoms with E-state index in [4.69, 9.17) is 0 Å². The van der Waals surface area contributed by atoms with Gasteiger partial charge in [-0.1, -0.05) is 36.4 Å². The molecule has 0 aliphatic rings. The quantitative estimate of drug-likeness (QED) is 0.878. The highest BCUT2D eigenvalue weighted by atomic mass is 32.2. The first-order chi connectivity index (χ1) is 8.97. The molecule has 0 N–H and O–H groups in total. The molecular weight excluding hydrogens is 276 g/mol. The third-order valence-electron chi connectivity index (χ3n) is 2.91. The lowest BCUT2D eigenvalue weighted by Crippen LogP contribution is -1.99. The van der Waals surface area contributed by atoms with E-state index in [2.05, 4.69) is 18.7 Å². The SMILES string of the molecule is CS(=O)(=O)c1ccc(CC(S)c2cc[c]cc2)cc1. The third-order valence-corrected chi connectivity index (χ3v) is 4.52. The lowest BCUT2D eigenvalue weighted by Gasteiger charge is -2.11. The van der Waals surface area contributed by atoms with Gasteiger partial charge >= 0.3 is 0 Å².